The van der Waals surface area contributed by atoms with E-state index in [0.29, 0.717) is 17.1 Å². The number of aromatic carboxylic acids is 1. The van der Waals surface area contributed by atoms with Crippen molar-refractivity contribution in [2.24, 2.45) is 0 Å². The van der Waals surface area contributed by atoms with Crippen molar-refractivity contribution >= 4 is 5.97 Å². The fourth-order valence-corrected chi connectivity index (χ4v) is 1.70. The van der Waals surface area contributed by atoms with Crippen LogP contribution in [0.3, 0.4) is 0 Å². The standard InChI is InChI=1S/C14H10N4O3/c1-8-6-16-11(7-15-8)13-18-17-12(21-13)9-2-4-10(5-3-9)14(19)20/h2-7H,1H3,(H,19,20). The van der Waals surface area contributed by atoms with Crippen molar-refractivity contribution in [1.82, 2.24) is 20.2 Å². The molecule has 7 nitrogen and oxygen atoms in total. The Labute approximate surface area is 119 Å². The van der Waals surface area contributed by atoms with Crippen LogP contribution in [0.4, 0.5) is 0 Å². The lowest BCUT2D eigenvalue weighted by Gasteiger charge is -1.96. The number of nitrogens with zero attached hydrogens (tertiary/aromatic N) is 4. The van der Waals surface area contributed by atoms with Crippen molar-refractivity contribution in [3.05, 3.63) is 47.9 Å². The van der Waals surface area contributed by atoms with E-state index in [0.717, 1.165) is 5.69 Å². The fraction of sp³-hybridized carbons (Fsp3) is 0.0714. The highest BCUT2D eigenvalue weighted by molar-refractivity contribution is 5.88. The molecule has 0 bridgehead atoms. The summed E-state index contributed by atoms with van der Waals surface area (Å²) in [7, 11) is 0. The number of rotatable bonds is 3. The van der Waals surface area contributed by atoms with E-state index in [1.165, 1.54) is 12.1 Å². The van der Waals surface area contributed by atoms with E-state index < -0.39 is 5.97 Å². The Balaban J connectivity index is 1.90. The van der Waals surface area contributed by atoms with Crippen LogP contribution in [0.2, 0.25) is 0 Å². The van der Waals surface area contributed by atoms with Crippen LogP contribution in [-0.4, -0.2) is 31.2 Å². The summed E-state index contributed by atoms with van der Waals surface area (Å²) in [5.41, 5.74) is 2.12. The Hall–Kier alpha value is -3.09. The average molecular weight is 282 g/mol. The van der Waals surface area contributed by atoms with Gasteiger partial charge in [0, 0.05) is 11.8 Å². The van der Waals surface area contributed by atoms with E-state index >= 15 is 0 Å². The summed E-state index contributed by atoms with van der Waals surface area (Å²) in [6.07, 6.45) is 3.17. The highest BCUT2D eigenvalue weighted by atomic mass is 16.4. The summed E-state index contributed by atoms with van der Waals surface area (Å²) < 4.78 is 5.52. The molecular weight excluding hydrogens is 272 g/mol. The first-order valence-corrected chi connectivity index (χ1v) is 6.10. The molecule has 0 atom stereocenters. The second kappa shape index (κ2) is 5.12. The zero-order chi connectivity index (χ0) is 14.8. The van der Waals surface area contributed by atoms with Crippen LogP contribution >= 0.6 is 0 Å². The van der Waals surface area contributed by atoms with Gasteiger partial charge in [-0.25, -0.2) is 9.78 Å². The molecule has 0 radical (unpaired) electrons. The molecule has 0 amide bonds. The third-order valence-corrected chi connectivity index (χ3v) is 2.80. The molecule has 0 fully saturated rings. The minimum atomic E-state index is -0.984. The van der Waals surface area contributed by atoms with Crippen molar-refractivity contribution in [3.8, 4) is 23.0 Å². The molecule has 0 spiro atoms. The second-order valence-electron chi connectivity index (χ2n) is 4.34. The average Bonchev–Trinajstić information content (AvgIpc) is 2.98. The van der Waals surface area contributed by atoms with Crippen LogP contribution in [-0.2, 0) is 0 Å². The number of hydrogen-bond acceptors (Lipinski definition) is 6. The molecule has 3 rings (SSSR count). The van der Waals surface area contributed by atoms with Gasteiger partial charge in [0.05, 0.1) is 17.5 Å². The molecule has 0 aliphatic heterocycles. The van der Waals surface area contributed by atoms with Crippen LogP contribution in [0.5, 0.6) is 0 Å². The Morgan fingerprint density at radius 3 is 2.38 bits per heavy atom. The molecule has 2 aromatic heterocycles. The van der Waals surface area contributed by atoms with Crippen LogP contribution in [0.25, 0.3) is 23.0 Å². The maximum absolute atomic E-state index is 10.8. The van der Waals surface area contributed by atoms with E-state index in [9.17, 15) is 4.79 Å². The van der Waals surface area contributed by atoms with Gasteiger partial charge in [0.2, 0.25) is 5.89 Å². The fourth-order valence-electron chi connectivity index (χ4n) is 1.70. The normalized spacial score (nSPS) is 10.5. The first kappa shape index (κ1) is 12.9. The minimum absolute atomic E-state index is 0.197. The van der Waals surface area contributed by atoms with Gasteiger partial charge in [-0.1, -0.05) is 0 Å². The van der Waals surface area contributed by atoms with Crippen molar-refractivity contribution in [2.45, 2.75) is 6.92 Å². The molecule has 1 aromatic carbocycles. The predicted molar refractivity (Wildman–Crippen MR) is 72.5 cm³/mol. The van der Waals surface area contributed by atoms with E-state index in [4.69, 9.17) is 9.52 Å². The number of aromatic nitrogens is 4. The SMILES string of the molecule is Cc1cnc(-c2nnc(-c3ccc(C(=O)O)cc3)o2)cn1. The van der Waals surface area contributed by atoms with Gasteiger partial charge in [-0.05, 0) is 31.2 Å². The lowest BCUT2D eigenvalue weighted by atomic mass is 10.1. The quantitative estimate of drug-likeness (QED) is 0.785. The van der Waals surface area contributed by atoms with Gasteiger partial charge < -0.3 is 9.52 Å². The number of aryl methyl sites for hydroxylation is 1. The molecule has 0 unspecified atom stereocenters. The molecule has 0 saturated carbocycles. The second-order valence-corrected chi connectivity index (χ2v) is 4.34. The molecule has 0 aliphatic carbocycles. The van der Waals surface area contributed by atoms with Crippen molar-refractivity contribution in [3.63, 3.8) is 0 Å². The number of carbonyl (C=O) groups is 1. The van der Waals surface area contributed by atoms with E-state index in [2.05, 4.69) is 20.2 Å². The summed E-state index contributed by atoms with van der Waals surface area (Å²) in [6, 6.07) is 6.18. The lowest BCUT2D eigenvalue weighted by molar-refractivity contribution is 0.0697. The first-order chi connectivity index (χ1) is 10.1. The van der Waals surface area contributed by atoms with Crippen LogP contribution in [0.1, 0.15) is 16.1 Å². The Morgan fingerprint density at radius 1 is 1.05 bits per heavy atom. The van der Waals surface area contributed by atoms with Gasteiger partial charge in [0.25, 0.3) is 5.89 Å². The number of carboxylic acids is 1. The number of benzene rings is 1. The molecule has 3 aromatic rings. The maximum atomic E-state index is 10.8. The van der Waals surface area contributed by atoms with Gasteiger partial charge in [0.15, 0.2) is 0 Å². The van der Waals surface area contributed by atoms with Crippen molar-refractivity contribution in [2.75, 3.05) is 0 Å². The zero-order valence-electron chi connectivity index (χ0n) is 11.0. The summed E-state index contributed by atoms with van der Waals surface area (Å²) in [6.45, 7) is 1.83. The summed E-state index contributed by atoms with van der Waals surface area (Å²) >= 11 is 0. The summed E-state index contributed by atoms with van der Waals surface area (Å²) in [5, 5.41) is 16.7. The molecular formula is C14H10N4O3. The Bertz CT molecular complexity index is 779. The van der Waals surface area contributed by atoms with E-state index in [1.54, 1.807) is 24.5 Å². The highest BCUT2D eigenvalue weighted by Gasteiger charge is 2.12. The van der Waals surface area contributed by atoms with Gasteiger partial charge in [-0.3, -0.25) is 4.98 Å². The van der Waals surface area contributed by atoms with Gasteiger partial charge in [-0.2, -0.15) is 0 Å². The molecule has 0 aliphatic rings. The molecule has 7 heteroatoms. The Morgan fingerprint density at radius 2 is 1.76 bits per heavy atom. The van der Waals surface area contributed by atoms with Crippen molar-refractivity contribution in [1.29, 1.82) is 0 Å². The van der Waals surface area contributed by atoms with Gasteiger partial charge in [-0.15, -0.1) is 10.2 Å². The third-order valence-electron chi connectivity index (χ3n) is 2.80. The smallest absolute Gasteiger partial charge is 0.335 e. The maximum Gasteiger partial charge on any atom is 0.335 e. The van der Waals surface area contributed by atoms with Gasteiger partial charge in [0.1, 0.15) is 5.69 Å². The number of carboxylic acid groups (broad SMARTS) is 1. The topological polar surface area (TPSA) is 102 Å². The molecule has 104 valence electrons. The zero-order valence-corrected chi connectivity index (χ0v) is 11.0. The molecule has 2 heterocycles. The monoisotopic (exact) mass is 282 g/mol. The molecule has 1 N–H and O–H groups in total. The molecule has 0 saturated heterocycles. The third kappa shape index (κ3) is 2.62. The predicted octanol–water partition coefficient (Wildman–Crippen LogP) is 2.20. The van der Waals surface area contributed by atoms with Gasteiger partial charge >= 0.3 is 5.97 Å². The van der Waals surface area contributed by atoms with Crippen LogP contribution in [0, 0.1) is 6.92 Å². The van der Waals surface area contributed by atoms with E-state index in [1.807, 2.05) is 6.92 Å². The summed E-state index contributed by atoms with van der Waals surface area (Å²) in [5.74, 6) is -0.424. The molecule has 21 heavy (non-hydrogen) atoms. The Kier molecular flexibility index (Phi) is 3.15. The first-order valence-electron chi connectivity index (χ1n) is 6.10. The number of hydrogen-bond donors (Lipinski definition) is 1. The highest BCUT2D eigenvalue weighted by Crippen LogP contribution is 2.22. The lowest BCUT2D eigenvalue weighted by Crippen LogP contribution is -1.94. The van der Waals surface area contributed by atoms with Crippen LogP contribution in [0.15, 0.2) is 41.1 Å². The van der Waals surface area contributed by atoms with Crippen LogP contribution < -0.4 is 0 Å². The minimum Gasteiger partial charge on any atom is -0.478 e. The van der Waals surface area contributed by atoms with Crippen molar-refractivity contribution < 1.29 is 14.3 Å². The summed E-state index contributed by atoms with van der Waals surface area (Å²) in [4.78, 5) is 19.1. The largest absolute Gasteiger partial charge is 0.478 e. The van der Waals surface area contributed by atoms with E-state index in [-0.39, 0.29) is 11.5 Å².